The smallest absolute Gasteiger partial charge is 0.239 e. The highest BCUT2D eigenvalue weighted by Gasteiger charge is 2.30. The summed E-state index contributed by atoms with van der Waals surface area (Å²) in [6.07, 6.45) is 1.96. The van der Waals surface area contributed by atoms with Crippen molar-refractivity contribution in [3.8, 4) is 0 Å². The minimum atomic E-state index is -3.01. The normalized spacial score (nSPS) is 22.7. The summed E-state index contributed by atoms with van der Waals surface area (Å²) in [5.74, 6) is -0.279. The number of aryl methyl sites for hydroxylation is 1. The number of halogens is 1. The van der Waals surface area contributed by atoms with E-state index in [1.54, 1.807) is 6.07 Å². The molecule has 126 valence electrons. The van der Waals surface area contributed by atoms with Crippen LogP contribution in [-0.4, -0.2) is 45.0 Å². The van der Waals surface area contributed by atoms with Crippen LogP contribution in [0.3, 0.4) is 0 Å². The Morgan fingerprint density at radius 2 is 2.22 bits per heavy atom. The van der Waals surface area contributed by atoms with E-state index in [4.69, 9.17) is 0 Å². The number of sulfone groups is 1. The Balaban J connectivity index is 1.70. The summed E-state index contributed by atoms with van der Waals surface area (Å²) in [6, 6.07) is 2.90. The zero-order chi connectivity index (χ0) is 16.6. The van der Waals surface area contributed by atoms with Gasteiger partial charge in [-0.05, 0) is 37.8 Å². The maximum absolute atomic E-state index is 14.0. The molecule has 23 heavy (non-hydrogen) atoms. The Morgan fingerprint density at radius 3 is 2.91 bits per heavy atom. The predicted molar refractivity (Wildman–Crippen MR) is 86.9 cm³/mol. The van der Waals surface area contributed by atoms with Crippen molar-refractivity contribution in [1.29, 1.82) is 0 Å². The molecule has 7 heteroatoms. The molecule has 0 spiro atoms. The van der Waals surface area contributed by atoms with Crippen LogP contribution in [0.4, 0.5) is 10.1 Å². The van der Waals surface area contributed by atoms with E-state index in [9.17, 15) is 17.6 Å². The summed E-state index contributed by atoms with van der Waals surface area (Å²) in [6.45, 7) is 2.75. The largest absolute Gasteiger partial charge is 0.362 e. The van der Waals surface area contributed by atoms with Crippen LogP contribution >= 0.6 is 0 Å². The third-order valence-corrected chi connectivity index (χ3v) is 6.30. The molecule has 1 amide bonds. The standard InChI is InChI=1S/C16H21FN2O3S/c1-11-4-5-14(17)13-3-2-7-19(16(11)13)9-15(20)18-12-6-8-23(21,22)10-12/h4-5,12H,2-3,6-10H2,1H3,(H,18,20)/t12-/m1/s1. The van der Waals surface area contributed by atoms with Gasteiger partial charge >= 0.3 is 0 Å². The third kappa shape index (κ3) is 3.49. The molecule has 0 radical (unpaired) electrons. The number of hydrogen-bond acceptors (Lipinski definition) is 4. The number of anilines is 1. The molecule has 0 unspecified atom stereocenters. The number of carbonyl (C=O) groups excluding carboxylic acids is 1. The number of carbonyl (C=O) groups is 1. The number of hydrogen-bond donors (Lipinski definition) is 1. The van der Waals surface area contributed by atoms with Crippen molar-refractivity contribution in [2.45, 2.75) is 32.2 Å². The molecule has 5 nitrogen and oxygen atoms in total. The summed E-state index contributed by atoms with van der Waals surface area (Å²) < 4.78 is 36.9. The minimum absolute atomic E-state index is 0.0168. The molecular formula is C16H21FN2O3S. The van der Waals surface area contributed by atoms with Crippen LogP contribution in [0, 0.1) is 12.7 Å². The molecule has 1 aromatic rings. The third-order valence-electron chi connectivity index (χ3n) is 4.53. The second-order valence-electron chi connectivity index (χ2n) is 6.38. The molecule has 2 aliphatic heterocycles. The van der Waals surface area contributed by atoms with Crippen LogP contribution in [-0.2, 0) is 21.1 Å². The van der Waals surface area contributed by atoms with Gasteiger partial charge in [-0.2, -0.15) is 0 Å². The van der Waals surface area contributed by atoms with Crippen LogP contribution < -0.4 is 10.2 Å². The lowest BCUT2D eigenvalue weighted by atomic mass is 9.97. The second kappa shape index (κ2) is 6.11. The quantitative estimate of drug-likeness (QED) is 0.898. The number of rotatable bonds is 3. The van der Waals surface area contributed by atoms with Gasteiger partial charge in [-0.25, -0.2) is 12.8 Å². The van der Waals surface area contributed by atoms with E-state index in [1.165, 1.54) is 6.07 Å². The molecule has 0 aromatic heterocycles. The van der Waals surface area contributed by atoms with Gasteiger partial charge < -0.3 is 10.2 Å². The fraction of sp³-hybridized carbons (Fsp3) is 0.562. The topological polar surface area (TPSA) is 66.5 Å². The van der Waals surface area contributed by atoms with Gasteiger partial charge in [0.25, 0.3) is 0 Å². The first-order chi connectivity index (χ1) is 10.9. The molecule has 1 atom stereocenters. The Labute approximate surface area is 135 Å². The molecule has 1 aromatic carbocycles. The molecule has 2 aliphatic rings. The van der Waals surface area contributed by atoms with E-state index in [2.05, 4.69) is 5.32 Å². The van der Waals surface area contributed by atoms with Crippen molar-refractivity contribution in [1.82, 2.24) is 5.32 Å². The Kier molecular flexibility index (Phi) is 4.31. The van der Waals surface area contributed by atoms with E-state index >= 15 is 0 Å². The molecule has 1 N–H and O–H groups in total. The van der Waals surface area contributed by atoms with Crippen molar-refractivity contribution >= 4 is 21.4 Å². The van der Waals surface area contributed by atoms with Crippen LogP contribution in [0.1, 0.15) is 24.0 Å². The van der Waals surface area contributed by atoms with Crippen LogP contribution in [0.2, 0.25) is 0 Å². The molecule has 1 fully saturated rings. The first kappa shape index (κ1) is 16.2. The van der Waals surface area contributed by atoms with E-state index < -0.39 is 9.84 Å². The van der Waals surface area contributed by atoms with Crippen LogP contribution in [0.15, 0.2) is 12.1 Å². The zero-order valence-corrected chi connectivity index (χ0v) is 14.0. The number of amides is 1. The van der Waals surface area contributed by atoms with Gasteiger partial charge in [0.2, 0.25) is 5.91 Å². The number of fused-ring (bicyclic) bond motifs is 1. The Morgan fingerprint density at radius 1 is 1.43 bits per heavy atom. The fourth-order valence-corrected chi connectivity index (χ4v) is 5.15. The van der Waals surface area contributed by atoms with E-state index in [0.717, 1.165) is 17.7 Å². The Hall–Kier alpha value is -1.63. The van der Waals surface area contributed by atoms with Crippen molar-refractivity contribution in [3.05, 3.63) is 29.1 Å². The lowest BCUT2D eigenvalue weighted by Gasteiger charge is -2.32. The summed E-state index contributed by atoms with van der Waals surface area (Å²) in [4.78, 5) is 14.1. The van der Waals surface area contributed by atoms with Gasteiger partial charge in [0.1, 0.15) is 5.82 Å². The van der Waals surface area contributed by atoms with Gasteiger partial charge in [-0.3, -0.25) is 4.79 Å². The molecule has 0 bridgehead atoms. The highest BCUT2D eigenvalue weighted by molar-refractivity contribution is 7.91. The molecule has 0 aliphatic carbocycles. The maximum atomic E-state index is 14.0. The number of nitrogens with zero attached hydrogens (tertiary/aromatic N) is 1. The SMILES string of the molecule is Cc1ccc(F)c2c1N(CC(=O)N[C@@H]1CCS(=O)(=O)C1)CCC2. The molecule has 0 saturated carbocycles. The average molecular weight is 340 g/mol. The van der Waals surface area contributed by atoms with Crippen molar-refractivity contribution < 1.29 is 17.6 Å². The second-order valence-corrected chi connectivity index (χ2v) is 8.61. The number of benzene rings is 1. The monoisotopic (exact) mass is 340 g/mol. The average Bonchev–Trinajstić information content (AvgIpc) is 2.82. The van der Waals surface area contributed by atoms with Gasteiger partial charge in [-0.15, -0.1) is 0 Å². The van der Waals surface area contributed by atoms with Crippen molar-refractivity contribution in [2.24, 2.45) is 0 Å². The fourth-order valence-electron chi connectivity index (χ4n) is 3.48. The summed E-state index contributed by atoms with van der Waals surface area (Å²) in [7, 11) is -3.01. The van der Waals surface area contributed by atoms with Crippen molar-refractivity contribution in [3.63, 3.8) is 0 Å². The van der Waals surface area contributed by atoms with Gasteiger partial charge in [0, 0.05) is 23.8 Å². The van der Waals surface area contributed by atoms with Crippen LogP contribution in [0.25, 0.3) is 0 Å². The van der Waals surface area contributed by atoms with E-state index in [0.29, 0.717) is 24.9 Å². The van der Waals surface area contributed by atoms with Gasteiger partial charge in [-0.1, -0.05) is 6.07 Å². The summed E-state index contributed by atoms with van der Waals surface area (Å²) >= 11 is 0. The minimum Gasteiger partial charge on any atom is -0.362 e. The first-order valence-corrected chi connectivity index (χ1v) is 9.70. The predicted octanol–water partition coefficient (Wildman–Crippen LogP) is 1.19. The molecule has 2 heterocycles. The maximum Gasteiger partial charge on any atom is 0.239 e. The van der Waals surface area contributed by atoms with Gasteiger partial charge in [0.05, 0.1) is 18.1 Å². The number of nitrogens with one attached hydrogen (secondary N) is 1. The van der Waals surface area contributed by atoms with E-state index in [-0.39, 0.29) is 35.8 Å². The van der Waals surface area contributed by atoms with E-state index in [1.807, 2.05) is 11.8 Å². The summed E-state index contributed by atoms with van der Waals surface area (Å²) in [5, 5.41) is 2.79. The van der Waals surface area contributed by atoms with Crippen LogP contribution in [0.5, 0.6) is 0 Å². The highest BCUT2D eigenvalue weighted by Crippen LogP contribution is 2.32. The summed E-state index contributed by atoms with van der Waals surface area (Å²) in [5.41, 5.74) is 2.44. The molecule has 3 rings (SSSR count). The first-order valence-electron chi connectivity index (χ1n) is 7.88. The highest BCUT2D eigenvalue weighted by atomic mass is 32.2. The van der Waals surface area contributed by atoms with Crippen molar-refractivity contribution in [2.75, 3.05) is 29.5 Å². The Bertz CT molecular complexity index is 733. The molecular weight excluding hydrogens is 319 g/mol. The van der Waals surface area contributed by atoms with Gasteiger partial charge in [0.15, 0.2) is 9.84 Å². The molecule has 1 saturated heterocycles. The lowest BCUT2D eigenvalue weighted by Crippen LogP contribution is -2.44. The lowest BCUT2D eigenvalue weighted by molar-refractivity contribution is -0.120. The zero-order valence-electron chi connectivity index (χ0n) is 13.1.